The molecule has 13 heavy (non-hydrogen) atoms. The maximum Gasteiger partial charge on any atom is 0.0823 e. The molecule has 2 rings (SSSR count). The van der Waals surface area contributed by atoms with Crippen LogP contribution in [-0.2, 0) is 0 Å². The predicted molar refractivity (Wildman–Crippen MR) is 52.2 cm³/mol. The van der Waals surface area contributed by atoms with Crippen molar-refractivity contribution in [2.75, 3.05) is 13.1 Å². The van der Waals surface area contributed by atoms with Gasteiger partial charge in [0.2, 0.25) is 0 Å². The molecule has 0 bridgehead atoms. The summed E-state index contributed by atoms with van der Waals surface area (Å²) in [5.74, 6) is 2.62. The van der Waals surface area contributed by atoms with Crippen molar-refractivity contribution >= 4 is 0 Å². The third-order valence-electron chi connectivity index (χ3n) is 3.52. The third kappa shape index (κ3) is 1.47. The Labute approximate surface area is 79.9 Å². The van der Waals surface area contributed by atoms with Crippen LogP contribution in [0.25, 0.3) is 0 Å². The van der Waals surface area contributed by atoms with Crippen LogP contribution in [0.2, 0.25) is 0 Å². The molecule has 0 spiro atoms. The molecule has 2 aliphatic heterocycles. The van der Waals surface area contributed by atoms with Gasteiger partial charge in [-0.15, -0.1) is 12.3 Å². The summed E-state index contributed by atoms with van der Waals surface area (Å²) in [6.45, 7) is 2.23. The van der Waals surface area contributed by atoms with E-state index in [-0.39, 0.29) is 0 Å². The van der Waals surface area contributed by atoms with Gasteiger partial charge in [-0.1, -0.05) is 0 Å². The summed E-state index contributed by atoms with van der Waals surface area (Å²) in [7, 11) is 0. The monoisotopic (exact) mass is 179 g/mol. The minimum atomic E-state index is -0.469. The second-order valence-corrected chi connectivity index (χ2v) is 4.25. The Balaban J connectivity index is 2.02. The third-order valence-corrected chi connectivity index (χ3v) is 3.52. The van der Waals surface area contributed by atoms with E-state index >= 15 is 0 Å². The van der Waals surface area contributed by atoms with Crippen molar-refractivity contribution in [1.82, 2.24) is 4.90 Å². The van der Waals surface area contributed by atoms with E-state index in [9.17, 15) is 5.11 Å². The molecule has 2 nitrogen and oxygen atoms in total. The first-order chi connectivity index (χ1) is 6.26. The molecule has 2 atom stereocenters. The molecule has 1 N–H and O–H groups in total. The zero-order valence-corrected chi connectivity index (χ0v) is 8.00. The highest BCUT2D eigenvalue weighted by molar-refractivity contribution is 5.04. The van der Waals surface area contributed by atoms with Gasteiger partial charge in [0.1, 0.15) is 0 Å². The Hall–Kier alpha value is -0.520. The average Bonchev–Trinajstić information content (AvgIpc) is 2.68. The van der Waals surface area contributed by atoms with Crippen molar-refractivity contribution in [2.45, 2.75) is 43.7 Å². The standard InChI is InChI=1S/C11H17NO/c1-2-3-6-11(13)7-9-12-8-4-5-10(11)12/h1,10,13H,3-9H2. The Morgan fingerprint density at radius 1 is 1.54 bits per heavy atom. The van der Waals surface area contributed by atoms with Gasteiger partial charge in [-0.25, -0.2) is 0 Å². The van der Waals surface area contributed by atoms with Crippen molar-refractivity contribution in [3.05, 3.63) is 0 Å². The van der Waals surface area contributed by atoms with E-state index < -0.39 is 5.60 Å². The summed E-state index contributed by atoms with van der Waals surface area (Å²) in [5, 5.41) is 10.4. The summed E-state index contributed by atoms with van der Waals surface area (Å²) >= 11 is 0. The number of fused-ring (bicyclic) bond motifs is 1. The van der Waals surface area contributed by atoms with Gasteiger partial charge in [-0.3, -0.25) is 4.90 Å². The highest BCUT2D eigenvalue weighted by Crippen LogP contribution is 2.38. The van der Waals surface area contributed by atoms with Gasteiger partial charge in [0.05, 0.1) is 5.60 Å². The minimum Gasteiger partial charge on any atom is -0.388 e. The second kappa shape index (κ2) is 3.32. The highest BCUT2D eigenvalue weighted by atomic mass is 16.3. The molecule has 2 saturated heterocycles. The number of hydrogen-bond donors (Lipinski definition) is 1. The molecule has 2 heteroatoms. The fourth-order valence-corrected chi connectivity index (χ4v) is 2.79. The molecule has 0 aromatic carbocycles. The average molecular weight is 179 g/mol. The molecule has 72 valence electrons. The van der Waals surface area contributed by atoms with E-state index in [0.29, 0.717) is 12.5 Å². The van der Waals surface area contributed by atoms with Crippen molar-refractivity contribution in [3.63, 3.8) is 0 Å². The molecule has 2 fully saturated rings. The zero-order chi connectivity index (χ0) is 9.31. The Bertz CT molecular complexity index is 233. The number of aliphatic hydroxyl groups is 1. The fourth-order valence-electron chi connectivity index (χ4n) is 2.79. The first kappa shape index (κ1) is 9.05. The number of rotatable bonds is 2. The van der Waals surface area contributed by atoms with Crippen LogP contribution in [0, 0.1) is 12.3 Å². The van der Waals surface area contributed by atoms with Gasteiger partial charge in [0, 0.05) is 19.0 Å². The molecule has 2 aliphatic rings. The van der Waals surface area contributed by atoms with Crippen LogP contribution in [0.1, 0.15) is 32.1 Å². The summed E-state index contributed by atoms with van der Waals surface area (Å²) in [5.41, 5.74) is -0.469. The lowest BCUT2D eigenvalue weighted by atomic mass is 9.88. The van der Waals surface area contributed by atoms with Crippen LogP contribution in [0.3, 0.4) is 0 Å². The summed E-state index contributed by atoms with van der Waals surface area (Å²) in [4.78, 5) is 2.41. The first-order valence-electron chi connectivity index (χ1n) is 5.16. The van der Waals surface area contributed by atoms with Gasteiger partial charge in [0.15, 0.2) is 0 Å². The van der Waals surface area contributed by atoms with Crippen molar-refractivity contribution in [1.29, 1.82) is 0 Å². The quantitative estimate of drug-likeness (QED) is 0.639. The molecular weight excluding hydrogens is 162 g/mol. The molecule has 0 amide bonds. The Morgan fingerprint density at radius 3 is 3.15 bits per heavy atom. The maximum absolute atomic E-state index is 10.4. The van der Waals surface area contributed by atoms with Crippen LogP contribution in [-0.4, -0.2) is 34.7 Å². The van der Waals surface area contributed by atoms with Gasteiger partial charge >= 0.3 is 0 Å². The lowest BCUT2D eigenvalue weighted by molar-refractivity contribution is 0.00720. The first-order valence-corrected chi connectivity index (χ1v) is 5.16. The summed E-state index contributed by atoms with van der Waals surface area (Å²) < 4.78 is 0. The van der Waals surface area contributed by atoms with Gasteiger partial charge < -0.3 is 5.11 Å². The second-order valence-electron chi connectivity index (χ2n) is 4.25. The van der Waals surface area contributed by atoms with Crippen LogP contribution >= 0.6 is 0 Å². The Kier molecular flexibility index (Phi) is 2.31. The van der Waals surface area contributed by atoms with E-state index in [1.807, 2.05) is 0 Å². The molecule has 0 aliphatic carbocycles. The van der Waals surface area contributed by atoms with Gasteiger partial charge in [-0.2, -0.15) is 0 Å². The summed E-state index contributed by atoms with van der Waals surface area (Å²) in [6.07, 6.45) is 10.0. The van der Waals surface area contributed by atoms with Crippen LogP contribution < -0.4 is 0 Å². The van der Waals surface area contributed by atoms with Gasteiger partial charge in [-0.05, 0) is 32.2 Å². The normalized spacial score (nSPS) is 38.9. The molecular formula is C11H17NO. The Morgan fingerprint density at radius 2 is 2.38 bits per heavy atom. The highest BCUT2D eigenvalue weighted by Gasteiger charge is 2.47. The number of terminal acetylenes is 1. The van der Waals surface area contributed by atoms with Crippen molar-refractivity contribution in [3.8, 4) is 12.3 Å². The molecule has 0 aromatic heterocycles. The molecule has 2 heterocycles. The zero-order valence-electron chi connectivity index (χ0n) is 8.00. The van der Waals surface area contributed by atoms with Gasteiger partial charge in [0.25, 0.3) is 0 Å². The van der Waals surface area contributed by atoms with Crippen LogP contribution in [0.5, 0.6) is 0 Å². The topological polar surface area (TPSA) is 23.5 Å². The maximum atomic E-state index is 10.4. The molecule has 0 radical (unpaired) electrons. The largest absolute Gasteiger partial charge is 0.388 e. The predicted octanol–water partition coefficient (Wildman–Crippen LogP) is 0.999. The summed E-state index contributed by atoms with van der Waals surface area (Å²) in [6, 6.07) is 0.404. The lowest BCUT2D eigenvalue weighted by Crippen LogP contribution is -2.40. The van der Waals surface area contributed by atoms with Crippen LogP contribution in [0.15, 0.2) is 0 Å². The number of nitrogens with zero attached hydrogens (tertiary/aromatic N) is 1. The van der Waals surface area contributed by atoms with Crippen LogP contribution in [0.4, 0.5) is 0 Å². The van der Waals surface area contributed by atoms with E-state index in [1.54, 1.807) is 0 Å². The van der Waals surface area contributed by atoms with Crippen molar-refractivity contribution < 1.29 is 5.11 Å². The molecule has 2 unspecified atom stereocenters. The molecule has 0 aromatic rings. The van der Waals surface area contributed by atoms with E-state index in [4.69, 9.17) is 6.42 Å². The SMILES string of the molecule is C#CCCC1(O)CCN2CCCC21. The molecule has 0 saturated carbocycles. The van der Waals surface area contributed by atoms with E-state index in [2.05, 4.69) is 10.8 Å². The van der Waals surface area contributed by atoms with E-state index in [0.717, 1.165) is 25.8 Å². The fraction of sp³-hybridized carbons (Fsp3) is 0.818. The lowest BCUT2D eigenvalue weighted by Gasteiger charge is -2.29. The number of hydrogen-bond acceptors (Lipinski definition) is 2. The van der Waals surface area contributed by atoms with E-state index in [1.165, 1.54) is 13.0 Å². The smallest absolute Gasteiger partial charge is 0.0823 e. The minimum absolute atomic E-state index is 0.404. The van der Waals surface area contributed by atoms with Crippen molar-refractivity contribution in [2.24, 2.45) is 0 Å².